The highest BCUT2D eigenvalue weighted by Gasteiger charge is 2.07. The number of hydrogen-bond acceptors (Lipinski definition) is 5. The van der Waals surface area contributed by atoms with Gasteiger partial charge in [0.25, 0.3) is 0 Å². The first-order valence-corrected chi connectivity index (χ1v) is 9.48. The minimum Gasteiger partial charge on any atom is -0.493 e. The number of thiazole rings is 1. The minimum absolute atomic E-state index is 0.298. The molecule has 1 amide bonds. The molecule has 3 rings (SSSR count). The van der Waals surface area contributed by atoms with Gasteiger partial charge in [-0.05, 0) is 55.0 Å². The summed E-state index contributed by atoms with van der Waals surface area (Å²) in [6.07, 6.45) is 3.11. The van der Waals surface area contributed by atoms with Crippen LogP contribution in [-0.2, 0) is 4.79 Å². The average molecular weight is 398 g/mol. The summed E-state index contributed by atoms with van der Waals surface area (Å²) in [5.74, 6) is 0.660. The predicted octanol–water partition coefficient (Wildman–Crippen LogP) is 5.01. The van der Waals surface area contributed by atoms with Crippen LogP contribution in [0.15, 0.2) is 53.9 Å². The fourth-order valence-corrected chi connectivity index (χ4v) is 3.19. The van der Waals surface area contributed by atoms with Gasteiger partial charge >= 0.3 is 0 Å². The second kappa shape index (κ2) is 9.14. The van der Waals surface area contributed by atoms with Crippen molar-refractivity contribution in [1.82, 2.24) is 4.98 Å². The Bertz CT molecular complexity index is 984. The van der Waals surface area contributed by atoms with Crippen LogP contribution in [0.5, 0.6) is 11.5 Å². The number of halogens is 1. The van der Waals surface area contributed by atoms with Crippen molar-refractivity contribution in [1.29, 1.82) is 0 Å². The zero-order valence-electron chi connectivity index (χ0n) is 15.4. The molecule has 28 heavy (non-hydrogen) atoms. The fourth-order valence-electron chi connectivity index (χ4n) is 2.47. The molecule has 3 aromatic rings. The number of ether oxygens (including phenoxy) is 2. The zero-order chi connectivity index (χ0) is 19.9. The van der Waals surface area contributed by atoms with Crippen molar-refractivity contribution >= 4 is 28.5 Å². The molecule has 1 N–H and O–H groups in total. The Hall–Kier alpha value is -3.19. The van der Waals surface area contributed by atoms with E-state index in [1.807, 2.05) is 18.4 Å². The number of rotatable bonds is 7. The third kappa shape index (κ3) is 4.95. The number of anilines is 1. The number of nitrogens with zero attached hydrogens (tertiary/aromatic N) is 1. The number of nitrogens with one attached hydrogen (secondary N) is 1. The van der Waals surface area contributed by atoms with E-state index in [1.165, 1.54) is 29.5 Å². The highest BCUT2D eigenvalue weighted by molar-refractivity contribution is 7.14. The summed E-state index contributed by atoms with van der Waals surface area (Å²) in [4.78, 5) is 16.5. The lowest BCUT2D eigenvalue weighted by atomic mass is 10.2. The molecule has 2 aromatic carbocycles. The van der Waals surface area contributed by atoms with Gasteiger partial charge in [-0.25, -0.2) is 9.37 Å². The van der Waals surface area contributed by atoms with Gasteiger partial charge in [0.1, 0.15) is 5.82 Å². The van der Waals surface area contributed by atoms with E-state index >= 15 is 0 Å². The molecule has 144 valence electrons. The van der Waals surface area contributed by atoms with Crippen molar-refractivity contribution in [3.8, 4) is 22.8 Å². The van der Waals surface area contributed by atoms with Crippen LogP contribution in [0.3, 0.4) is 0 Å². The maximum atomic E-state index is 13.0. The largest absolute Gasteiger partial charge is 0.493 e. The molecule has 0 fully saturated rings. The zero-order valence-corrected chi connectivity index (χ0v) is 16.3. The quantitative estimate of drug-likeness (QED) is 0.569. The van der Waals surface area contributed by atoms with Crippen LogP contribution >= 0.6 is 11.3 Å². The maximum absolute atomic E-state index is 13.0. The summed E-state index contributed by atoms with van der Waals surface area (Å²) >= 11 is 1.30. The van der Waals surface area contributed by atoms with Crippen LogP contribution in [0.2, 0.25) is 0 Å². The highest BCUT2D eigenvalue weighted by atomic mass is 32.1. The van der Waals surface area contributed by atoms with E-state index in [0.717, 1.165) is 11.1 Å². The van der Waals surface area contributed by atoms with E-state index in [4.69, 9.17) is 9.47 Å². The minimum atomic E-state index is -0.302. The SMILES string of the molecule is CCOc1ccc(/C=C/C(=O)Nc2nc(-c3ccc(F)cc3)cs2)cc1OC. The van der Waals surface area contributed by atoms with Gasteiger partial charge in [0, 0.05) is 17.0 Å². The van der Waals surface area contributed by atoms with Gasteiger partial charge in [0.15, 0.2) is 16.6 Å². The van der Waals surface area contributed by atoms with Crippen LogP contribution in [0.4, 0.5) is 9.52 Å². The lowest BCUT2D eigenvalue weighted by Gasteiger charge is -2.09. The topological polar surface area (TPSA) is 60.5 Å². The molecule has 0 saturated heterocycles. The van der Waals surface area contributed by atoms with Crippen molar-refractivity contribution in [2.24, 2.45) is 0 Å². The maximum Gasteiger partial charge on any atom is 0.250 e. The van der Waals surface area contributed by atoms with Crippen LogP contribution in [-0.4, -0.2) is 24.6 Å². The summed E-state index contributed by atoms with van der Waals surface area (Å²) in [5.41, 5.74) is 2.28. The van der Waals surface area contributed by atoms with Gasteiger partial charge in [0.05, 0.1) is 19.4 Å². The van der Waals surface area contributed by atoms with E-state index in [9.17, 15) is 9.18 Å². The van der Waals surface area contributed by atoms with Crippen molar-refractivity contribution < 1.29 is 18.7 Å². The van der Waals surface area contributed by atoms with Crippen LogP contribution in [0, 0.1) is 5.82 Å². The molecule has 0 unspecified atom stereocenters. The number of amides is 1. The molecule has 7 heteroatoms. The summed E-state index contributed by atoms with van der Waals surface area (Å²) < 4.78 is 23.8. The number of aromatic nitrogens is 1. The van der Waals surface area contributed by atoms with E-state index < -0.39 is 0 Å². The molecular formula is C21H19FN2O3S. The standard InChI is InChI=1S/C21H19FN2O3S/c1-3-27-18-10-4-14(12-19(18)26-2)5-11-20(25)24-21-23-17(13-28-21)15-6-8-16(22)9-7-15/h4-13H,3H2,1-2H3,(H,23,24,25)/b11-5+. The molecule has 1 aromatic heterocycles. The summed E-state index contributed by atoms with van der Waals surface area (Å²) in [7, 11) is 1.57. The average Bonchev–Trinajstić information content (AvgIpc) is 3.16. The van der Waals surface area contributed by atoms with Gasteiger partial charge in [-0.3, -0.25) is 10.1 Å². The van der Waals surface area contributed by atoms with Crippen LogP contribution in [0.1, 0.15) is 12.5 Å². The molecule has 0 aliphatic heterocycles. The Balaban J connectivity index is 1.65. The molecule has 5 nitrogen and oxygen atoms in total. The first-order chi connectivity index (χ1) is 13.6. The highest BCUT2D eigenvalue weighted by Crippen LogP contribution is 2.28. The van der Waals surface area contributed by atoms with E-state index in [2.05, 4.69) is 10.3 Å². The lowest BCUT2D eigenvalue weighted by molar-refractivity contribution is -0.111. The second-order valence-corrected chi connectivity index (χ2v) is 6.57. The molecule has 1 heterocycles. The third-order valence-corrected chi connectivity index (χ3v) is 4.55. The number of carbonyl (C=O) groups excluding carboxylic acids is 1. The third-order valence-electron chi connectivity index (χ3n) is 3.79. The number of hydrogen-bond donors (Lipinski definition) is 1. The molecular weight excluding hydrogens is 379 g/mol. The van der Waals surface area contributed by atoms with Gasteiger partial charge in [0.2, 0.25) is 5.91 Å². The van der Waals surface area contributed by atoms with Crippen LogP contribution in [0.25, 0.3) is 17.3 Å². The Morgan fingerprint density at radius 2 is 2.00 bits per heavy atom. The van der Waals surface area contributed by atoms with Crippen molar-refractivity contribution in [2.45, 2.75) is 6.92 Å². The molecule has 0 aliphatic rings. The molecule has 0 aliphatic carbocycles. The van der Waals surface area contributed by atoms with Gasteiger partial charge < -0.3 is 9.47 Å². The smallest absolute Gasteiger partial charge is 0.250 e. The van der Waals surface area contributed by atoms with Gasteiger partial charge in [-0.2, -0.15) is 0 Å². The molecule has 0 bridgehead atoms. The summed E-state index contributed by atoms with van der Waals surface area (Å²) in [5, 5.41) is 5.01. The van der Waals surface area contributed by atoms with Crippen LogP contribution < -0.4 is 14.8 Å². The summed E-state index contributed by atoms with van der Waals surface area (Å²) in [6, 6.07) is 11.5. The molecule has 0 spiro atoms. The molecule has 0 atom stereocenters. The van der Waals surface area contributed by atoms with Gasteiger partial charge in [-0.15, -0.1) is 11.3 Å². The molecule has 0 radical (unpaired) electrons. The number of benzene rings is 2. The monoisotopic (exact) mass is 398 g/mol. The Labute approximate surface area is 166 Å². The Morgan fingerprint density at radius 1 is 1.21 bits per heavy atom. The first-order valence-electron chi connectivity index (χ1n) is 8.60. The molecule has 0 saturated carbocycles. The first kappa shape index (κ1) is 19.6. The fraction of sp³-hybridized carbons (Fsp3) is 0.143. The predicted molar refractivity (Wildman–Crippen MR) is 109 cm³/mol. The Morgan fingerprint density at radius 3 is 2.71 bits per heavy atom. The van der Waals surface area contributed by atoms with E-state index in [-0.39, 0.29) is 11.7 Å². The van der Waals surface area contributed by atoms with E-state index in [0.29, 0.717) is 28.9 Å². The summed E-state index contributed by atoms with van der Waals surface area (Å²) in [6.45, 7) is 2.44. The number of carbonyl (C=O) groups is 1. The van der Waals surface area contributed by atoms with Crippen molar-refractivity contribution in [3.63, 3.8) is 0 Å². The van der Waals surface area contributed by atoms with Crippen molar-refractivity contribution in [3.05, 3.63) is 65.3 Å². The normalized spacial score (nSPS) is 10.8. The Kier molecular flexibility index (Phi) is 6.39. The van der Waals surface area contributed by atoms with Crippen molar-refractivity contribution in [2.75, 3.05) is 19.0 Å². The second-order valence-electron chi connectivity index (χ2n) is 5.71. The number of methoxy groups -OCH3 is 1. The van der Waals surface area contributed by atoms with Gasteiger partial charge in [-0.1, -0.05) is 6.07 Å². The lowest BCUT2D eigenvalue weighted by Crippen LogP contribution is -2.07. The van der Waals surface area contributed by atoms with E-state index in [1.54, 1.807) is 37.5 Å².